The Labute approximate surface area is 124 Å². The van der Waals surface area contributed by atoms with Crippen LogP contribution in [0.4, 0.5) is 10.1 Å². The fourth-order valence-corrected chi connectivity index (χ4v) is 2.23. The number of nitrogens with zero attached hydrogens (tertiary/aromatic N) is 1. The fraction of sp³-hybridized carbons (Fsp3) is 0.214. The molecular weight excluding hydrogens is 301 g/mol. The molecule has 2 rings (SSSR count). The number of amides is 1. The molecule has 0 bridgehead atoms. The molecule has 0 saturated carbocycles. The van der Waals surface area contributed by atoms with Crippen molar-refractivity contribution in [3.63, 3.8) is 0 Å². The molecule has 1 aromatic rings. The SMILES string of the molecule is C=C(CN1C(=O)C(=O)c2c(Cl)ccc(F)c21)C(=O)OCC. The van der Waals surface area contributed by atoms with Crippen LogP contribution in [0, 0.1) is 5.82 Å². The minimum atomic E-state index is -0.956. The number of anilines is 1. The average Bonchev–Trinajstić information content (AvgIpc) is 2.69. The van der Waals surface area contributed by atoms with Crippen LogP contribution in [0.3, 0.4) is 0 Å². The second-order valence-corrected chi connectivity index (χ2v) is 4.70. The molecule has 0 N–H and O–H groups in total. The lowest BCUT2D eigenvalue weighted by Gasteiger charge is -2.17. The van der Waals surface area contributed by atoms with Gasteiger partial charge in [-0.15, -0.1) is 0 Å². The first-order valence-corrected chi connectivity index (χ1v) is 6.45. The molecule has 0 saturated heterocycles. The van der Waals surface area contributed by atoms with E-state index in [4.69, 9.17) is 16.3 Å². The van der Waals surface area contributed by atoms with Crippen molar-refractivity contribution in [3.05, 3.63) is 40.7 Å². The number of ketones is 1. The number of carbonyl (C=O) groups is 3. The smallest absolute Gasteiger partial charge is 0.335 e. The summed E-state index contributed by atoms with van der Waals surface area (Å²) in [6.45, 7) is 4.90. The molecule has 21 heavy (non-hydrogen) atoms. The van der Waals surface area contributed by atoms with Crippen molar-refractivity contribution < 1.29 is 23.5 Å². The molecule has 1 aromatic carbocycles. The van der Waals surface area contributed by atoms with E-state index >= 15 is 0 Å². The van der Waals surface area contributed by atoms with Crippen LogP contribution in [0.2, 0.25) is 5.02 Å². The van der Waals surface area contributed by atoms with Crippen LogP contribution in [0.15, 0.2) is 24.3 Å². The van der Waals surface area contributed by atoms with Gasteiger partial charge in [0, 0.05) is 5.57 Å². The summed E-state index contributed by atoms with van der Waals surface area (Å²) in [5, 5.41) is -0.0194. The number of Topliss-reactive ketones (excluding diaryl/α,β-unsaturated/α-hetero) is 1. The van der Waals surface area contributed by atoms with Crippen LogP contribution in [0.1, 0.15) is 17.3 Å². The zero-order chi connectivity index (χ0) is 15.7. The Kier molecular flexibility index (Phi) is 4.09. The van der Waals surface area contributed by atoms with Gasteiger partial charge in [0.25, 0.3) is 11.7 Å². The maximum Gasteiger partial charge on any atom is 0.335 e. The van der Waals surface area contributed by atoms with Crippen molar-refractivity contribution in [2.24, 2.45) is 0 Å². The lowest BCUT2D eigenvalue weighted by atomic mass is 10.1. The van der Waals surface area contributed by atoms with Gasteiger partial charge in [0.1, 0.15) is 5.82 Å². The zero-order valence-corrected chi connectivity index (χ0v) is 11.9. The largest absolute Gasteiger partial charge is 0.463 e. The number of ether oxygens (including phenoxy) is 1. The van der Waals surface area contributed by atoms with E-state index in [1.165, 1.54) is 6.07 Å². The zero-order valence-electron chi connectivity index (χ0n) is 11.1. The third-order valence-electron chi connectivity index (χ3n) is 2.93. The van der Waals surface area contributed by atoms with Crippen molar-refractivity contribution >= 4 is 34.9 Å². The van der Waals surface area contributed by atoms with Gasteiger partial charge in [0.05, 0.1) is 29.4 Å². The Balaban J connectivity index is 2.38. The second kappa shape index (κ2) is 5.65. The molecular formula is C14H11ClFNO4. The highest BCUT2D eigenvalue weighted by atomic mass is 35.5. The molecule has 5 nitrogen and oxygen atoms in total. The van der Waals surface area contributed by atoms with E-state index in [1.54, 1.807) is 6.92 Å². The molecule has 0 atom stereocenters. The van der Waals surface area contributed by atoms with E-state index in [0.29, 0.717) is 0 Å². The first-order valence-electron chi connectivity index (χ1n) is 6.07. The van der Waals surface area contributed by atoms with E-state index in [2.05, 4.69) is 6.58 Å². The lowest BCUT2D eigenvalue weighted by Crippen LogP contribution is -2.33. The molecule has 1 heterocycles. The minimum Gasteiger partial charge on any atom is -0.463 e. The summed E-state index contributed by atoms with van der Waals surface area (Å²) in [5.41, 5.74) is -0.494. The molecule has 0 unspecified atom stereocenters. The number of rotatable bonds is 4. The summed E-state index contributed by atoms with van der Waals surface area (Å²) in [6.07, 6.45) is 0. The molecule has 1 aliphatic heterocycles. The molecule has 0 aromatic heterocycles. The van der Waals surface area contributed by atoms with Crippen LogP contribution >= 0.6 is 11.6 Å². The number of hydrogen-bond acceptors (Lipinski definition) is 4. The first kappa shape index (κ1) is 15.2. The van der Waals surface area contributed by atoms with E-state index in [-0.39, 0.29) is 35.0 Å². The van der Waals surface area contributed by atoms with Gasteiger partial charge < -0.3 is 4.74 Å². The first-order chi connectivity index (χ1) is 9.88. The van der Waals surface area contributed by atoms with Crippen LogP contribution < -0.4 is 4.90 Å². The third-order valence-corrected chi connectivity index (χ3v) is 3.24. The summed E-state index contributed by atoms with van der Waals surface area (Å²) in [7, 11) is 0. The van der Waals surface area contributed by atoms with E-state index in [0.717, 1.165) is 11.0 Å². The highest BCUT2D eigenvalue weighted by Gasteiger charge is 2.40. The number of hydrogen-bond donors (Lipinski definition) is 0. The number of halogens is 2. The number of esters is 1. The van der Waals surface area contributed by atoms with Gasteiger partial charge in [-0.05, 0) is 19.1 Å². The number of carbonyl (C=O) groups excluding carboxylic acids is 3. The van der Waals surface area contributed by atoms with Crippen molar-refractivity contribution in [2.45, 2.75) is 6.92 Å². The Hall–Kier alpha value is -2.21. The van der Waals surface area contributed by atoms with Gasteiger partial charge in [-0.2, -0.15) is 0 Å². The van der Waals surface area contributed by atoms with Gasteiger partial charge in [0.2, 0.25) is 0 Å². The van der Waals surface area contributed by atoms with Gasteiger partial charge >= 0.3 is 5.97 Å². The normalized spacial score (nSPS) is 13.4. The second-order valence-electron chi connectivity index (χ2n) is 4.30. The van der Waals surface area contributed by atoms with E-state index in [9.17, 15) is 18.8 Å². The van der Waals surface area contributed by atoms with Crippen LogP contribution in [0.25, 0.3) is 0 Å². The topological polar surface area (TPSA) is 63.7 Å². The quantitative estimate of drug-likeness (QED) is 0.485. The number of benzene rings is 1. The molecule has 0 aliphatic carbocycles. The number of fused-ring (bicyclic) bond motifs is 1. The third kappa shape index (κ3) is 2.54. The van der Waals surface area contributed by atoms with Gasteiger partial charge in [-0.25, -0.2) is 9.18 Å². The lowest BCUT2D eigenvalue weighted by molar-refractivity contribution is -0.138. The van der Waals surface area contributed by atoms with Crippen LogP contribution in [-0.2, 0) is 14.3 Å². The molecule has 1 amide bonds. The highest BCUT2D eigenvalue weighted by Crippen LogP contribution is 2.36. The Morgan fingerprint density at radius 3 is 2.71 bits per heavy atom. The molecule has 0 spiro atoms. The maximum atomic E-state index is 13.9. The fourth-order valence-electron chi connectivity index (χ4n) is 1.99. The molecule has 110 valence electrons. The van der Waals surface area contributed by atoms with E-state index in [1.807, 2.05) is 0 Å². The summed E-state index contributed by atoms with van der Waals surface area (Å²) in [6, 6.07) is 2.25. The van der Waals surface area contributed by atoms with Crippen LogP contribution in [0.5, 0.6) is 0 Å². The van der Waals surface area contributed by atoms with Gasteiger partial charge in [-0.1, -0.05) is 18.2 Å². The Morgan fingerprint density at radius 1 is 1.43 bits per heavy atom. The van der Waals surface area contributed by atoms with Crippen molar-refractivity contribution in [3.8, 4) is 0 Å². The Bertz CT molecular complexity index is 671. The monoisotopic (exact) mass is 311 g/mol. The molecule has 1 aliphatic rings. The maximum absolute atomic E-state index is 13.9. The van der Waals surface area contributed by atoms with Gasteiger partial charge in [0.15, 0.2) is 0 Å². The average molecular weight is 312 g/mol. The van der Waals surface area contributed by atoms with Gasteiger partial charge in [-0.3, -0.25) is 14.5 Å². The summed E-state index contributed by atoms with van der Waals surface area (Å²) in [5.74, 6) is -3.35. The van der Waals surface area contributed by atoms with Crippen molar-refractivity contribution in [1.29, 1.82) is 0 Å². The minimum absolute atomic E-state index is 0.0194. The standard InChI is InChI=1S/C14H11ClFNO4/c1-3-21-14(20)7(2)6-17-11-9(16)5-4-8(15)10(11)12(18)13(17)19/h4-5H,2-3,6H2,1H3. The molecule has 7 heteroatoms. The highest BCUT2D eigenvalue weighted by molar-refractivity contribution is 6.55. The predicted octanol–water partition coefficient (Wildman–Crippen LogP) is 2.13. The predicted molar refractivity (Wildman–Crippen MR) is 73.9 cm³/mol. The molecule has 0 fully saturated rings. The van der Waals surface area contributed by atoms with E-state index < -0.39 is 23.5 Å². The summed E-state index contributed by atoms with van der Waals surface area (Å²) < 4.78 is 18.7. The van der Waals surface area contributed by atoms with Crippen molar-refractivity contribution in [1.82, 2.24) is 0 Å². The summed E-state index contributed by atoms with van der Waals surface area (Å²) in [4.78, 5) is 36.2. The Morgan fingerprint density at radius 2 is 2.10 bits per heavy atom. The summed E-state index contributed by atoms with van der Waals surface area (Å²) >= 11 is 5.84. The van der Waals surface area contributed by atoms with Crippen LogP contribution in [-0.4, -0.2) is 30.8 Å². The molecule has 0 radical (unpaired) electrons. The van der Waals surface area contributed by atoms with Crippen molar-refractivity contribution in [2.75, 3.05) is 18.1 Å².